The zero-order valence-corrected chi connectivity index (χ0v) is 18.4. The molecule has 0 saturated heterocycles. The summed E-state index contributed by atoms with van der Waals surface area (Å²) in [6, 6.07) is 16.0. The lowest BCUT2D eigenvalue weighted by molar-refractivity contribution is 0.0427. The normalized spacial score (nSPS) is 26.0. The van der Waals surface area contributed by atoms with E-state index >= 15 is 0 Å². The minimum Gasteiger partial charge on any atom is -0.378 e. The third kappa shape index (κ3) is 4.71. The maximum atomic E-state index is 14.2. The first-order chi connectivity index (χ1) is 13.3. The van der Waals surface area contributed by atoms with Crippen LogP contribution in [0.3, 0.4) is 0 Å². The van der Waals surface area contributed by atoms with Gasteiger partial charge in [0.15, 0.2) is 5.85 Å². The van der Waals surface area contributed by atoms with Gasteiger partial charge in [0.1, 0.15) is 0 Å². The minimum absolute atomic E-state index is 0.128. The van der Waals surface area contributed by atoms with Crippen LogP contribution in [0.5, 0.6) is 0 Å². The van der Waals surface area contributed by atoms with Gasteiger partial charge >= 0.3 is 0 Å². The number of benzene rings is 2. The van der Waals surface area contributed by atoms with Gasteiger partial charge in [-0.25, -0.2) is 0 Å². The van der Waals surface area contributed by atoms with Crippen LogP contribution in [-0.4, -0.2) is 11.2 Å². The third-order valence-corrected chi connectivity index (χ3v) is 8.66. The highest BCUT2D eigenvalue weighted by Gasteiger charge is 2.42. The van der Waals surface area contributed by atoms with Gasteiger partial charge in [-0.1, -0.05) is 69.1 Å². The molecular formula is C23H30ClO3P. The Morgan fingerprint density at radius 2 is 1.71 bits per heavy atom. The van der Waals surface area contributed by atoms with E-state index in [4.69, 9.17) is 16.1 Å². The number of hydrogen-bond donors (Lipinski definition) is 1. The second-order valence-electron chi connectivity index (χ2n) is 8.33. The highest BCUT2D eigenvalue weighted by atomic mass is 35.5. The summed E-state index contributed by atoms with van der Waals surface area (Å²) in [4.78, 5) is 0. The second kappa shape index (κ2) is 9.13. The van der Waals surface area contributed by atoms with Gasteiger partial charge in [0, 0.05) is 10.3 Å². The molecule has 0 bridgehead atoms. The summed E-state index contributed by atoms with van der Waals surface area (Å²) in [7, 11) is -3.56. The quantitative estimate of drug-likeness (QED) is 0.549. The number of hydrogen-bond acceptors (Lipinski definition) is 3. The summed E-state index contributed by atoms with van der Waals surface area (Å²) in [6.07, 6.45) is 2.97. The van der Waals surface area contributed by atoms with Gasteiger partial charge in [0.2, 0.25) is 0 Å². The molecule has 0 aliphatic heterocycles. The van der Waals surface area contributed by atoms with Gasteiger partial charge in [0.25, 0.3) is 7.37 Å². The number of halogens is 1. The van der Waals surface area contributed by atoms with Crippen LogP contribution in [0.2, 0.25) is 5.02 Å². The van der Waals surface area contributed by atoms with E-state index < -0.39 is 13.2 Å². The van der Waals surface area contributed by atoms with Crippen molar-refractivity contribution in [2.75, 3.05) is 0 Å². The highest BCUT2D eigenvalue weighted by molar-refractivity contribution is 7.67. The lowest BCUT2D eigenvalue weighted by atomic mass is 9.75. The Morgan fingerprint density at radius 3 is 2.32 bits per heavy atom. The molecule has 0 aromatic heterocycles. The van der Waals surface area contributed by atoms with Crippen molar-refractivity contribution in [3.63, 3.8) is 0 Å². The molecule has 1 aliphatic rings. The lowest BCUT2D eigenvalue weighted by Crippen LogP contribution is -2.35. The lowest BCUT2D eigenvalue weighted by Gasteiger charge is -2.39. The van der Waals surface area contributed by atoms with Crippen molar-refractivity contribution in [2.45, 2.75) is 52.0 Å². The van der Waals surface area contributed by atoms with Crippen molar-refractivity contribution < 1.29 is 14.2 Å². The standard InChI is InChI=1S/C23H30ClO3P/c1-16(2)21-14-9-17(3)15-22(21)27-28(26,20-7-5-4-6-8-20)23(25)18-10-12-19(24)13-11-18/h4-8,10-13,16-17,21-23,25H,9,14-15H2,1-3H3/t17-,21+,22-,23+,28?/m1/s1. The highest BCUT2D eigenvalue weighted by Crippen LogP contribution is 2.60. The van der Waals surface area contributed by atoms with E-state index in [9.17, 15) is 9.67 Å². The van der Waals surface area contributed by atoms with Crippen LogP contribution in [-0.2, 0) is 9.09 Å². The first kappa shape index (κ1) is 21.6. The summed E-state index contributed by atoms with van der Waals surface area (Å²) in [6.45, 7) is 6.61. The van der Waals surface area contributed by atoms with Crippen LogP contribution in [0.25, 0.3) is 0 Å². The molecular weight excluding hydrogens is 391 g/mol. The van der Waals surface area contributed by atoms with E-state index in [0.29, 0.717) is 33.6 Å². The Kier molecular flexibility index (Phi) is 7.04. The zero-order chi connectivity index (χ0) is 20.3. The molecule has 3 rings (SSSR count). The molecule has 2 aromatic carbocycles. The Morgan fingerprint density at radius 1 is 1.07 bits per heavy atom. The number of rotatable bonds is 6. The topological polar surface area (TPSA) is 46.5 Å². The fourth-order valence-corrected chi connectivity index (χ4v) is 6.61. The summed E-state index contributed by atoms with van der Waals surface area (Å²) in [5, 5.41) is 12.3. The summed E-state index contributed by atoms with van der Waals surface area (Å²) < 4.78 is 20.7. The predicted octanol–water partition coefficient (Wildman–Crippen LogP) is 6.41. The van der Waals surface area contributed by atoms with Gasteiger partial charge in [-0.15, -0.1) is 0 Å². The van der Waals surface area contributed by atoms with Gasteiger partial charge in [-0.05, 0) is 60.4 Å². The molecule has 1 N–H and O–H groups in total. The molecule has 1 unspecified atom stereocenters. The largest absolute Gasteiger partial charge is 0.378 e. The molecule has 152 valence electrons. The van der Waals surface area contributed by atoms with Crippen molar-refractivity contribution in [1.82, 2.24) is 0 Å². The molecule has 1 fully saturated rings. The van der Waals surface area contributed by atoms with Crippen LogP contribution in [0.4, 0.5) is 0 Å². The van der Waals surface area contributed by atoms with Crippen LogP contribution in [0.1, 0.15) is 51.4 Å². The molecule has 0 heterocycles. The Hall–Kier alpha value is -1.12. The van der Waals surface area contributed by atoms with Crippen molar-refractivity contribution in [3.05, 3.63) is 65.2 Å². The van der Waals surface area contributed by atoms with E-state index in [2.05, 4.69) is 20.8 Å². The molecule has 5 heteroatoms. The van der Waals surface area contributed by atoms with Crippen LogP contribution < -0.4 is 5.30 Å². The van der Waals surface area contributed by atoms with Crippen molar-refractivity contribution in [2.24, 2.45) is 17.8 Å². The van der Waals surface area contributed by atoms with Crippen LogP contribution in [0.15, 0.2) is 54.6 Å². The van der Waals surface area contributed by atoms with E-state index in [1.807, 2.05) is 18.2 Å². The molecule has 1 saturated carbocycles. The first-order valence-electron chi connectivity index (χ1n) is 10.1. The average molecular weight is 421 g/mol. The molecule has 3 nitrogen and oxygen atoms in total. The number of aliphatic hydroxyl groups excluding tert-OH is 1. The Labute approximate surface area is 173 Å². The molecule has 5 atom stereocenters. The molecule has 0 radical (unpaired) electrons. The fourth-order valence-electron chi connectivity index (χ4n) is 4.16. The predicted molar refractivity (Wildman–Crippen MR) is 116 cm³/mol. The Balaban J connectivity index is 1.99. The van der Waals surface area contributed by atoms with E-state index in [1.54, 1.807) is 36.4 Å². The second-order valence-corrected chi connectivity index (χ2v) is 11.2. The van der Waals surface area contributed by atoms with Gasteiger partial charge in [-0.3, -0.25) is 4.57 Å². The third-order valence-electron chi connectivity index (χ3n) is 5.86. The van der Waals surface area contributed by atoms with Crippen molar-refractivity contribution >= 4 is 24.3 Å². The van der Waals surface area contributed by atoms with E-state index in [-0.39, 0.29) is 6.10 Å². The first-order valence-corrected chi connectivity index (χ1v) is 12.2. The zero-order valence-electron chi connectivity index (χ0n) is 16.8. The van der Waals surface area contributed by atoms with Crippen LogP contribution in [0, 0.1) is 17.8 Å². The molecule has 0 amide bonds. The minimum atomic E-state index is -3.56. The van der Waals surface area contributed by atoms with Gasteiger partial charge < -0.3 is 9.63 Å². The van der Waals surface area contributed by atoms with E-state index in [1.165, 1.54) is 0 Å². The molecule has 1 aliphatic carbocycles. The molecule has 28 heavy (non-hydrogen) atoms. The van der Waals surface area contributed by atoms with Crippen LogP contribution >= 0.6 is 19.0 Å². The smallest absolute Gasteiger partial charge is 0.264 e. The van der Waals surface area contributed by atoms with Gasteiger partial charge in [0.05, 0.1) is 6.10 Å². The maximum Gasteiger partial charge on any atom is 0.264 e. The van der Waals surface area contributed by atoms with E-state index in [0.717, 1.165) is 19.3 Å². The summed E-state index contributed by atoms with van der Waals surface area (Å²) in [5.74, 6) is 0.0779. The fraction of sp³-hybridized carbons (Fsp3) is 0.478. The monoisotopic (exact) mass is 420 g/mol. The molecule has 0 spiro atoms. The average Bonchev–Trinajstić information content (AvgIpc) is 2.68. The number of aliphatic hydroxyl groups is 1. The van der Waals surface area contributed by atoms with Gasteiger partial charge in [-0.2, -0.15) is 0 Å². The SMILES string of the molecule is CC(C)[C@@H]1CC[C@@H](C)C[C@H]1OP(=O)(c1ccccc1)[C@H](O)c1ccc(Cl)cc1. The molecule has 2 aromatic rings. The Bertz CT molecular complexity index is 806. The summed E-state index contributed by atoms with van der Waals surface area (Å²) >= 11 is 5.99. The summed E-state index contributed by atoms with van der Waals surface area (Å²) in [5.41, 5.74) is 0.557. The van der Waals surface area contributed by atoms with Crippen molar-refractivity contribution in [3.8, 4) is 0 Å². The maximum absolute atomic E-state index is 14.2. The van der Waals surface area contributed by atoms with Crippen molar-refractivity contribution in [1.29, 1.82) is 0 Å².